The van der Waals surface area contributed by atoms with Gasteiger partial charge in [-0.05, 0) is 100.0 Å². The summed E-state index contributed by atoms with van der Waals surface area (Å²) in [4.78, 5) is 35.1. The van der Waals surface area contributed by atoms with Crippen LogP contribution in [0.15, 0.2) is 42.5 Å². The van der Waals surface area contributed by atoms with E-state index in [-0.39, 0.29) is 11.9 Å². The monoisotopic (exact) mass is 561 g/mol. The van der Waals surface area contributed by atoms with Crippen LogP contribution in [0.25, 0.3) is 11.0 Å². The van der Waals surface area contributed by atoms with Crippen LogP contribution in [0.4, 0.5) is 11.6 Å². The van der Waals surface area contributed by atoms with E-state index in [1.54, 1.807) is 12.1 Å². The van der Waals surface area contributed by atoms with E-state index in [2.05, 4.69) is 49.5 Å². The van der Waals surface area contributed by atoms with Gasteiger partial charge in [0.05, 0.1) is 23.7 Å². The van der Waals surface area contributed by atoms with Gasteiger partial charge in [0.15, 0.2) is 0 Å². The van der Waals surface area contributed by atoms with Gasteiger partial charge in [0, 0.05) is 36.9 Å². The van der Waals surface area contributed by atoms with E-state index in [4.69, 9.17) is 9.72 Å². The molecule has 1 amide bonds. The maximum atomic E-state index is 13.8. The van der Waals surface area contributed by atoms with Crippen molar-refractivity contribution < 1.29 is 14.3 Å². The number of hydrogen-bond donors (Lipinski definition) is 1. The molecule has 1 saturated heterocycles. The Balaban J connectivity index is 1.65. The van der Waals surface area contributed by atoms with Crippen LogP contribution in [0.3, 0.4) is 0 Å². The lowest BCUT2D eigenvalue weighted by molar-refractivity contribution is 0.0600. The molecular weight excluding hydrogens is 514 g/mol. The SMILES string of the molecule is COC(=O)c1ccc(Nc2nc3ccc(C(=O)N(CCC(C)C)CCC(C)C)cc3n2CCC2CCCN2C)cc1. The Morgan fingerprint density at radius 3 is 2.27 bits per heavy atom. The van der Waals surface area contributed by atoms with Gasteiger partial charge in [-0.1, -0.05) is 27.7 Å². The molecule has 4 rings (SSSR count). The number of nitrogens with zero attached hydrogens (tertiary/aromatic N) is 4. The summed E-state index contributed by atoms with van der Waals surface area (Å²) in [7, 11) is 3.58. The van der Waals surface area contributed by atoms with E-state index in [1.165, 1.54) is 20.0 Å². The number of imidazole rings is 1. The molecule has 41 heavy (non-hydrogen) atoms. The largest absolute Gasteiger partial charge is 0.465 e. The van der Waals surface area contributed by atoms with Crippen molar-refractivity contribution in [1.82, 2.24) is 19.4 Å². The highest BCUT2D eigenvalue weighted by molar-refractivity contribution is 5.98. The predicted molar refractivity (Wildman–Crippen MR) is 166 cm³/mol. The first-order chi connectivity index (χ1) is 19.7. The molecule has 1 fully saturated rings. The summed E-state index contributed by atoms with van der Waals surface area (Å²) < 4.78 is 7.04. The molecule has 2 aromatic carbocycles. The van der Waals surface area contributed by atoms with Crippen molar-refractivity contribution in [1.29, 1.82) is 0 Å². The number of rotatable bonds is 13. The maximum absolute atomic E-state index is 13.8. The Hall–Kier alpha value is -3.39. The number of methoxy groups -OCH3 is 1. The minimum absolute atomic E-state index is 0.0874. The Morgan fingerprint density at radius 1 is 1.02 bits per heavy atom. The molecule has 1 aliphatic rings. The smallest absolute Gasteiger partial charge is 0.337 e. The Bertz CT molecular complexity index is 1300. The second-order valence-corrected chi connectivity index (χ2v) is 12.2. The molecule has 1 unspecified atom stereocenters. The van der Waals surface area contributed by atoms with Gasteiger partial charge >= 0.3 is 5.97 Å². The zero-order chi connectivity index (χ0) is 29.5. The van der Waals surface area contributed by atoms with Crippen molar-refractivity contribution in [3.05, 3.63) is 53.6 Å². The van der Waals surface area contributed by atoms with Gasteiger partial charge in [0.2, 0.25) is 5.95 Å². The topological polar surface area (TPSA) is 79.7 Å². The van der Waals surface area contributed by atoms with Crippen LogP contribution in [0.2, 0.25) is 0 Å². The molecule has 0 bridgehead atoms. The van der Waals surface area contributed by atoms with Gasteiger partial charge in [0.25, 0.3) is 5.91 Å². The molecule has 0 aliphatic carbocycles. The quantitative estimate of drug-likeness (QED) is 0.237. The number of benzene rings is 2. The molecule has 0 spiro atoms. The minimum atomic E-state index is -0.363. The average Bonchev–Trinajstić information content (AvgIpc) is 3.52. The number of hydrogen-bond acceptors (Lipinski definition) is 6. The molecule has 0 saturated carbocycles. The molecule has 3 aromatic rings. The number of aryl methyl sites for hydroxylation is 1. The third-order valence-electron chi connectivity index (χ3n) is 8.15. The number of anilines is 2. The zero-order valence-corrected chi connectivity index (χ0v) is 25.7. The summed E-state index contributed by atoms with van der Waals surface area (Å²) in [5.74, 6) is 1.53. The lowest BCUT2D eigenvalue weighted by atomic mass is 10.1. The highest BCUT2D eigenvalue weighted by Gasteiger charge is 2.23. The summed E-state index contributed by atoms with van der Waals surface area (Å²) in [6, 6.07) is 13.6. The molecule has 1 aromatic heterocycles. The van der Waals surface area contributed by atoms with Crippen molar-refractivity contribution in [2.24, 2.45) is 11.8 Å². The molecule has 222 valence electrons. The third kappa shape index (κ3) is 7.88. The fraction of sp³-hybridized carbons (Fsp3) is 0.545. The van der Waals surface area contributed by atoms with E-state index >= 15 is 0 Å². The van der Waals surface area contributed by atoms with Crippen LogP contribution in [0, 0.1) is 11.8 Å². The first-order valence-electron chi connectivity index (χ1n) is 15.1. The fourth-order valence-electron chi connectivity index (χ4n) is 5.46. The molecule has 1 N–H and O–H groups in total. The summed E-state index contributed by atoms with van der Waals surface area (Å²) in [6.45, 7) is 12.3. The highest BCUT2D eigenvalue weighted by atomic mass is 16.5. The van der Waals surface area contributed by atoms with Crippen molar-refractivity contribution in [3.63, 3.8) is 0 Å². The van der Waals surface area contributed by atoms with E-state index in [1.807, 2.05) is 35.2 Å². The molecule has 1 atom stereocenters. The van der Waals surface area contributed by atoms with Crippen LogP contribution < -0.4 is 5.32 Å². The number of nitrogens with one attached hydrogen (secondary N) is 1. The van der Waals surface area contributed by atoms with Crippen molar-refractivity contribution in [2.45, 2.75) is 72.4 Å². The number of esters is 1. The van der Waals surface area contributed by atoms with Crippen LogP contribution in [0.1, 0.15) is 80.5 Å². The van der Waals surface area contributed by atoms with Gasteiger partial charge in [-0.25, -0.2) is 9.78 Å². The number of carbonyl (C=O) groups excluding carboxylic acids is 2. The van der Waals surface area contributed by atoms with Gasteiger partial charge in [-0.2, -0.15) is 0 Å². The lowest BCUT2D eigenvalue weighted by Crippen LogP contribution is -2.34. The normalized spacial score (nSPS) is 15.7. The molecule has 2 heterocycles. The molecule has 0 radical (unpaired) electrons. The van der Waals surface area contributed by atoms with Gasteiger partial charge in [0.1, 0.15) is 0 Å². The summed E-state index contributed by atoms with van der Waals surface area (Å²) >= 11 is 0. The maximum Gasteiger partial charge on any atom is 0.337 e. The zero-order valence-electron chi connectivity index (χ0n) is 25.7. The van der Waals surface area contributed by atoms with Crippen LogP contribution in [-0.4, -0.2) is 71.1 Å². The van der Waals surface area contributed by atoms with E-state index < -0.39 is 0 Å². The summed E-state index contributed by atoms with van der Waals surface area (Å²) in [6.07, 6.45) is 5.41. The van der Waals surface area contributed by atoms with E-state index in [0.29, 0.717) is 29.0 Å². The number of ether oxygens (including phenoxy) is 1. The predicted octanol–water partition coefficient (Wildman–Crippen LogP) is 6.59. The molecule has 8 heteroatoms. The summed E-state index contributed by atoms with van der Waals surface area (Å²) in [5.41, 5.74) is 3.84. The van der Waals surface area contributed by atoms with Gasteiger partial charge in [-0.3, -0.25) is 4.79 Å². The van der Waals surface area contributed by atoms with Crippen LogP contribution in [0.5, 0.6) is 0 Å². The Kier molecular flexibility index (Phi) is 10.4. The van der Waals surface area contributed by atoms with Crippen LogP contribution >= 0.6 is 0 Å². The molecule has 8 nitrogen and oxygen atoms in total. The molecular formula is C33H47N5O3. The molecule has 1 aliphatic heterocycles. The highest BCUT2D eigenvalue weighted by Crippen LogP contribution is 2.27. The van der Waals surface area contributed by atoms with Crippen molar-refractivity contribution in [3.8, 4) is 0 Å². The standard InChI is InChI=1S/C33H47N5O3/c1-23(2)15-19-37(20-16-24(3)4)31(39)26-11-14-29-30(22-26)38(21-17-28-8-7-18-36(28)5)33(35-29)34-27-12-9-25(10-13-27)32(40)41-6/h9-14,22-24,28H,7-8,15-21H2,1-6H3,(H,34,35). The first-order valence-corrected chi connectivity index (χ1v) is 15.1. The van der Waals surface area contributed by atoms with Gasteiger partial charge < -0.3 is 24.4 Å². The van der Waals surface area contributed by atoms with Crippen LogP contribution in [-0.2, 0) is 11.3 Å². The second kappa shape index (κ2) is 14.0. The third-order valence-corrected chi connectivity index (χ3v) is 8.15. The lowest BCUT2D eigenvalue weighted by Gasteiger charge is -2.25. The Morgan fingerprint density at radius 2 is 1.68 bits per heavy atom. The Labute approximate surface area is 245 Å². The number of likely N-dealkylation sites (tertiary alicyclic amines) is 1. The number of aromatic nitrogens is 2. The van der Waals surface area contributed by atoms with E-state index in [9.17, 15) is 9.59 Å². The number of amides is 1. The summed E-state index contributed by atoms with van der Waals surface area (Å²) in [5, 5.41) is 3.46. The fourth-order valence-corrected chi connectivity index (χ4v) is 5.46. The van der Waals surface area contributed by atoms with Crippen molar-refractivity contribution in [2.75, 3.05) is 39.1 Å². The van der Waals surface area contributed by atoms with Gasteiger partial charge in [-0.15, -0.1) is 0 Å². The average molecular weight is 562 g/mol. The van der Waals surface area contributed by atoms with E-state index in [0.717, 1.165) is 68.1 Å². The number of carbonyl (C=O) groups is 2. The number of fused-ring (bicyclic) bond motifs is 1. The van der Waals surface area contributed by atoms with Crippen molar-refractivity contribution >= 4 is 34.5 Å². The second-order valence-electron chi connectivity index (χ2n) is 12.2. The first kappa shape index (κ1) is 30.6. The minimum Gasteiger partial charge on any atom is -0.465 e.